The van der Waals surface area contributed by atoms with E-state index in [-0.39, 0.29) is 17.2 Å². The molecule has 7 heteroatoms. The third-order valence-electron chi connectivity index (χ3n) is 2.57. The van der Waals surface area contributed by atoms with Gasteiger partial charge in [-0.25, -0.2) is 13.1 Å². The molecule has 22 heavy (non-hydrogen) atoms. The van der Waals surface area contributed by atoms with Gasteiger partial charge in [-0.3, -0.25) is 4.79 Å². The van der Waals surface area contributed by atoms with Crippen LogP contribution < -0.4 is 10.0 Å². The molecule has 0 bridgehead atoms. The van der Waals surface area contributed by atoms with E-state index in [0.717, 1.165) is 0 Å². The van der Waals surface area contributed by atoms with Crippen LogP contribution in [0, 0.1) is 0 Å². The average molecular weight is 328 g/mol. The Bertz CT molecular complexity index is 589. The second kappa shape index (κ2) is 7.71. The molecule has 0 spiro atoms. The molecule has 0 saturated carbocycles. The zero-order valence-corrected chi connectivity index (χ0v) is 14.3. The van der Waals surface area contributed by atoms with Gasteiger partial charge in [0.15, 0.2) is 0 Å². The molecule has 0 aliphatic heterocycles. The van der Waals surface area contributed by atoms with Crippen molar-refractivity contribution in [2.45, 2.75) is 44.6 Å². The fraction of sp³-hybridized carbons (Fsp3) is 0.533. The first-order valence-corrected chi connectivity index (χ1v) is 8.64. The highest BCUT2D eigenvalue weighted by atomic mass is 32.2. The van der Waals surface area contributed by atoms with E-state index < -0.39 is 15.6 Å². The summed E-state index contributed by atoms with van der Waals surface area (Å²) >= 11 is 0. The van der Waals surface area contributed by atoms with E-state index in [1.807, 2.05) is 6.92 Å². The van der Waals surface area contributed by atoms with Gasteiger partial charge in [-0.05, 0) is 52.0 Å². The molecule has 0 heterocycles. The van der Waals surface area contributed by atoms with Gasteiger partial charge in [0, 0.05) is 17.8 Å². The SMILES string of the molecule is CCOCCC(=O)Nc1ccc(S(=O)(=O)NC(C)(C)C)cc1. The van der Waals surface area contributed by atoms with Crippen LogP contribution in [0.5, 0.6) is 0 Å². The Morgan fingerprint density at radius 1 is 1.18 bits per heavy atom. The van der Waals surface area contributed by atoms with Gasteiger partial charge in [-0.15, -0.1) is 0 Å². The van der Waals surface area contributed by atoms with Crippen LogP contribution in [0.3, 0.4) is 0 Å². The Hall–Kier alpha value is -1.44. The van der Waals surface area contributed by atoms with Crippen LogP contribution in [-0.4, -0.2) is 33.1 Å². The highest BCUT2D eigenvalue weighted by Crippen LogP contribution is 2.16. The van der Waals surface area contributed by atoms with Gasteiger partial charge in [0.2, 0.25) is 15.9 Å². The number of hydrogen-bond donors (Lipinski definition) is 2. The molecule has 2 N–H and O–H groups in total. The van der Waals surface area contributed by atoms with E-state index >= 15 is 0 Å². The lowest BCUT2D eigenvalue weighted by atomic mass is 10.1. The molecule has 124 valence electrons. The Morgan fingerprint density at radius 3 is 2.27 bits per heavy atom. The quantitative estimate of drug-likeness (QED) is 0.751. The lowest BCUT2D eigenvalue weighted by Crippen LogP contribution is -2.40. The monoisotopic (exact) mass is 328 g/mol. The number of hydrogen-bond acceptors (Lipinski definition) is 4. The predicted molar refractivity (Wildman–Crippen MR) is 86.3 cm³/mol. The number of carbonyl (C=O) groups is 1. The summed E-state index contributed by atoms with van der Waals surface area (Å²) in [5, 5.41) is 2.69. The van der Waals surface area contributed by atoms with Crippen LogP contribution in [0.4, 0.5) is 5.69 Å². The third kappa shape index (κ3) is 6.55. The molecule has 0 atom stereocenters. The van der Waals surface area contributed by atoms with Crippen molar-refractivity contribution < 1.29 is 17.9 Å². The van der Waals surface area contributed by atoms with E-state index in [1.165, 1.54) is 12.1 Å². The summed E-state index contributed by atoms with van der Waals surface area (Å²) in [5.74, 6) is -0.170. The first kappa shape index (κ1) is 18.6. The fourth-order valence-corrected chi connectivity index (χ4v) is 3.13. The van der Waals surface area contributed by atoms with Crippen molar-refractivity contribution in [2.75, 3.05) is 18.5 Å². The minimum Gasteiger partial charge on any atom is -0.381 e. The van der Waals surface area contributed by atoms with Crippen LogP contribution >= 0.6 is 0 Å². The molecule has 1 aromatic rings. The molecular formula is C15H24N2O4S. The Labute approximate surface area is 132 Å². The number of carbonyl (C=O) groups excluding carboxylic acids is 1. The van der Waals surface area contributed by atoms with Crippen LogP contribution in [-0.2, 0) is 19.6 Å². The first-order valence-electron chi connectivity index (χ1n) is 7.16. The molecule has 1 rings (SSSR count). The number of sulfonamides is 1. The summed E-state index contributed by atoms with van der Waals surface area (Å²) in [7, 11) is -3.56. The molecule has 0 aliphatic carbocycles. The number of rotatable bonds is 7. The molecule has 1 amide bonds. The van der Waals surface area contributed by atoms with Crippen molar-refractivity contribution in [2.24, 2.45) is 0 Å². The molecule has 0 fully saturated rings. The van der Waals surface area contributed by atoms with Gasteiger partial charge in [-0.2, -0.15) is 0 Å². The fourth-order valence-electron chi connectivity index (χ4n) is 1.71. The predicted octanol–water partition coefficient (Wildman–Crippen LogP) is 2.13. The van der Waals surface area contributed by atoms with Gasteiger partial charge < -0.3 is 10.1 Å². The zero-order chi connectivity index (χ0) is 16.8. The summed E-state index contributed by atoms with van der Waals surface area (Å²) < 4.78 is 32.0. The smallest absolute Gasteiger partial charge is 0.241 e. The minimum atomic E-state index is -3.56. The van der Waals surface area contributed by atoms with Crippen LogP contribution in [0.15, 0.2) is 29.2 Å². The molecular weight excluding hydrogens is 304 g/mol. The average Bonchev–Trinajstić information content (AvgIpc) is 2.37. The van der Waals surface area contributed by atoms with Gasteiger partial charge in [-0.1, -0.05) is 0 Å². The summed E-state index contributed by atoms with van der Waals surface area (Å²) in [6.07, 6.45) is 0.263. The van der Waals surface area contributed by atoms with Gasteiger partial charge >= 0.3 is 0 Å². The lowest BCUT2D eigenvalue weighted by Gasteiger charge is -2.20. The van der Waals surface area contributed by atoms with Crippen LogP contribution in [0.2, 0.25) is 0 Å². The van der Waals surface area contributed by atoms with Gasteiger partial charge in [0.05, 0.1) is 17.9 Å². The van der Waals surface area contributed by atoms with Crippen molar-refractivity contribution in [1.82, 2.24) is 4.72 Å². The number of nitrogens with one attached hydrogen (secondary N) is 2. The van der Waals surface area contributed by atoms with Gasteiger partial charge in [0.25, 0.3) is 0 Å². The number of anilines is 1. The molecule has 0 unspecified atom stereocenters. The van der Waals surface area contributed by atoms with E-state index in [4.69, 9.17) is 4.74 Å². The molecule has 0 radical (unpaired) electrons. The maximum atomic E-state index is 12.1. The number of amides is 1. The van der Waals surface area contributed by atoms with Gasteiger partial charge in [0.1, 0.15) is 0 Å². The molecule has 1 aromatic carbocycles. The number of ether oxygens (including phenoxy) is 1. The highest BCUT2D eigenvalue weighted by molar-refractivity contribution is 7.89. The Morgan fingerprint density at radius 2 is 1.77 bits per heavy atom. The van der Waals surface area contributed by atoms with Crippen molar-refractivity contribution in [3.05, 3.63) is 24.3 Å². The zero-order valence-electron chi connectivity index (χ0n) is 13.5. The van der Waals surface area contributed by atoms with E-state index in [9.17, 15) is 13.2 Å². The topological polar surface area (TPSA) is 84.5 Å². The summed E-state index contributed by atoms with van der Waals surface area (Å²) in [4.78, 5) is 11.8. The molecule has 0 aromatic heterocycles. The Kier molecular flexibility index (Phi) is 6.52. The van der Waals surface area contributed by atoms with E-state index in [1.54, 1.807) is 32.9 Å². The first-order chi connectivity index (χ1) is 10.1. The normalized spacial score (nSPS) is 12.2. The number of benzene rings is 1. The minimum absolute atomic E-state index is 0.162. The molecule has 6 nitrogen and oxygen atoms in total. The largest absolute Gasteiger partial charge is 0.381 e. The second-order valence-electron chi connectivity index (χ2n) is 5.87. The standard InChI is InChI=1S/C15H24N2O4S/c1-5-21-11-10-14(18)16-12-6-8-13(9-7-12)22(19,20)17-15(2,3)4/h6-9,17H,5,10-11H2,1-4H3,(H,16,18). The van der Waals surface area contributed by atoms with E-state index in [0.29, 0.717) is 18.9 Å². The molecule has 0 aliphatic rings. The highest BCUT2D eigenvalue weighted by Gasteiger charge is 2.21. The maximum absolute atomic E-state index is 12.1. The van der Waals surface area contributed by atoms with Crippen LogP contribution in [0.25, 0.3) is 0 Å². The van der Waals surface area contributed by atoms with E-state index in [2.05, 4.69) is 10.0 Å². The summed E-state index contributed by atoms with van der Waals surface area (Å²) in [5.41, 5.74) is 0.00145. The second-order valence-corrected chi connectivity index (χ2v) is 7.56. The molecule has 0 saturated heterocycles. The van der Waals surface area contributed by atoms with Crippen LogP contribution in [0.1, 0.15) is 34.1 Å². The Balaban J connectivity index is 2.69. The summed E-state index contributed by atoms with van der Waals surface area (Å²) in [6.45, 7) is 8.13. The summed E-state index contributed by atoms with van der Waals surface area (Å²) in [6, 6.07) is 6.06. The van der Waals surface area contributed by atoms with Crippen molar-refractivity contribution in [3.63, 3.8) is 0 Å². The third-order valence-corrected chi connectivity index (χ3v) is 4.34. The maximum Gasteiger partial charge on any atom is 0.241 e. The van der Waals surface area contributed by atoms with Crippen molar-refractivity contribution in [1.29, 1.82) is 0 Å². The van der Waals surface area contributed by atoms with Crippen molar-refractivity contribution >= 4 is 21.6 Å². The van der Waals surface area contributed by atoms with Crippen molar-refractivity contribution in [3.8, 4) is 0 Å². The lowest BCUT2D eigenvalue weighted by molar-refractivity contribution is -0.117.